The van der Waals surface area contributed by atoms with Crippen LogP contribution in [0, 0.1) is 0 Å². The Hall–Kier alpha value is -0.650. The first-order valence-electron chi connectivity index (χ1n) is 3.85. The Kier molecular flexibility index (Phi) is 2.90. The first-order chi connectivity index (χ1) is 5.95. The third-order valence-electron chi connectivity index (χ3n) is 1.72. The van der Waals surface area contributed by atoms with Gasteiger partial charge in [-0.2, -0.15) is 13.2 Å². The number of aromatic nitrogens is 2. The third-order valence-corrected chi connectivity index (χ3v) is 2.92. The maximum absolute atomic E-state index is 12.1. The van der Waals surface area contributed by atoms with Crippen LogP contribution >= 0.6 is 11.3 Å². The summed E-state index contributed by atoms with van der Waals surface area (Å²) >= 11 is 0.625. The summed E-state index contributed by atoms with van der Waals surface area (Å²) in [5.74, 6) is 0.0496. The third kappa shape index (κ3) is 2.40. The fourth-order valence-corrected chi connectivity index (χ4v) is 1.57. The van der Waals surface area contributed by atoms with Gasteiger partial charge in [0, 0.05) is 5.92 Å². The molecule has 1 rings (SSSR count). The Balaban J connectivity index is 2.87. The predicted molar refractivity (Wildman–Crippen MR) is 43.6 cm³/mol. The van der Waals surface area contributed by atoms with Crippen LogP contribution in [0.5, 0.6) is 0 Å². The smallest absolute Gasteiger partial charge is 0.164 e. The van der Waals surface area contributed by atoms with E-state index < -0.39 is 11.2 Å². The van der Waals surface area contributed by atoms with Crippen LogP contribution in [0.1, 0.15) is 36.2 Å². The van der Waals surface area contributed by atoms with Gasteiger partial charge in [0.25, 0.3) is 0 Å². The molecule has 0 amide bonds. The fraction of sp³-hybridized carbons (Fsp3) is 0.714. The largest absolute Gasteiger partial charge is 0.445 e. The van der Waals surface area contributed by atoms with Crippen LogP contribution in [0.15, 0.2) is 0 Å². The average molecular weight is 210 g/mol. The Bertz CT molecular complexity index is 282. The topological polar surface area (TPSA) is 25.8 Å². The van der Waals surface area contributed by atoms with Gasteiger partial charge in [-0.25, -0.2) is 0 Å². The van der Waals surface area contributed by atoms with Crippen LogP contribution in [0.3, 0.4) is 0 Å². The van der Waals surface area contributed by atoms with Crippen LogP contribution in [0.2, 0.25) is 0 Å². The molecule has 2 nitrogen and oxygen atoms in total. The summed E-state index contributed by atoms with van der Waals surface area (Å²) in [5.41, 5.74) is 0. The van der Waals surface area contributed by atoms with Crippen molar-refractivity contribution in [1.82, 2.24) is 10.2 Å². The van der Waals surface area contributed by atoms with Crippen LogP contribution in [0.25, 0.3) is 0 Å². The number of nitrogens with zero attached hydrogens (tertiary/aromatic N) is 2. The van der Waals surface area contributed by atoms with E-state index in [1.165, 1.54) is 0 Å². The summed E-state index contributed by atoms with van der Waals surface area (Å²) in [4.78, 5) is 0. The van der Waals surface area contributed by atoms with E-state index in [1.807, 2.05) is 13.8 Å². The van der Waals surface area contributed by atoms with Crippen molar-refractivity contribution in [3.8, 4) is 0 Å². The number of alkyl halides is 3. The Morgan fingerprint density at radius 2 is 2.00 bits per heavy atom. The van der Waals surface area contributed by atoms with Crippen molar-refractivity contribution in [2.75, 3.05) is 0 Å². The zero-order chi connectivity index (χ0) is 10.1. The van der Waals surface area contributed by atoms with Gasteiger partial charge < -0.3 is 0 Å². The molecule has 0 saturated carbocycles. The van der Waals surface area contributed by atoms with E-state index in [2.05, 4.69) is 10.2 Å². The Labute approximate surface area is 77.8 Å². The molecular formula is C7H9F3N2S. The van der Waals surface area contributed by atoms with E-state index in [0.29, 0.717) is 16.3 Å². The van der Waals surface area contributed by atoms with Gasteiger partial charge in [-0.05, 0) is 6.42 Å². The van der Waals surface area contributed by atoms with Crippen molar-refractivity contribution in [3.05, 3.63) is 10.0 Å². The van der Waals surface area contributed by atoms with E-state index in [0.717, 1.165) is 6.42 Å². The molecule has 74 valence electrons. The maximum atomic E-state index is 12.1. The molecule has 0 saturated heterocycles. The molecule has 1 heterocycles. The van der Waals surface area contributed by atoms with E-state index in [-0.39, 0.29) is 5.92 Å². The normalized spacial score (nSPS) is 14.5. The summed E-state index contributed by atoms with van der Waals surface area (Å²) in [6.07, 6.45) is -3.59. The Morgan fingerprint density at radius 3 is 2.38 bits per heavy atom. The fourth-order valence-electron chi connectivity index (χ4n) is 0.723. The molecule has 13 heavy (non-hydrogen) atoms. The van der Waals surface area contributed by atoms with Crippen LogP contribution in [-0.4, -0.2) is 10.2 Å². The highest BCUT2D eigenvalue weighted by atomic mass is 32.1. The maximum Gasteiger partial charge on any atom is 0.445 e. The molecule has 1 aromatic rings. The van der Waals surface area contributed by atoms with Gasteiger partial charge in [0.1, 0.15) is 5.01 Å². The second-order valence-electron chi connectivity index (χ2n) is 2.75. The highest BCUT2D eigenvalue weighted by Crippen LogP contribution is 2.33. The van der Waals surface area contributed by atoms with E-state index in [1.54, 1.807) is 0 Å². The monoisotopic (exact) mass is 210 g/mol. The SMILES string of the molecule is CCC(C)c1nnc(C(F)(F)F)s1. The number of halogens is 3. The molecule has 1 unspecified atom stereocenters. The van der Waals surface area contributed by atoms with Crippen molar-refractivity contribution in [3.63, 3.8) is 0 Å². The molecule has 0 radical (unpaired) electrons. The summed E-state index contributed by atoms with van der Waals surface area (Å²) in [6.45, 7) is 3.74. The molecule has 0 N–H and O–H groups in total. The minimum atomic E-state index is -4.36. The lowest BCUT2D eigenvalue weighted by molar-refractivity contribution is -0.138. The van der Waals surface area contributed by atoms with Gasteiger partial charge in [0.2, 0.25) is 5.01 Å². The molecule has 0 aliphatic rings. The summed E-state index contributed by atoms with van der Waals surface area (Å²) in [6, 6.07) is 0. The van der Waals surface area contributed by atoms with E-state index in [4.69, 9.17) is 0 Å². The predicted octanol–water partition coefficient (Wildman–Crippen LogP) is 3.07. The molecular weight excluding hydrogens is 201 g/mol. The van der Waals surface area contributed by atoms with Crippen molar-refractivity contribution in [1.29, 1.82) is 0 Å². The molecule has 0 spiro atoms. The summed E-state index contributed by atoms with van der Waals surface area (Å²) < 4.78 is 36.2. The van der Waals surface area contributed by atoms with Gasteiger partial charge in [0.15, 0.2) is 0 Å². The molecule has 0 fully saturated rings. The zero-order valence-electron chi connectivity index (χ0n) is 7.22. The minimum Gasteiger partial charge on any atom is -0.164 e. The minimum absolute atomic E-state index is 0.0496. The quantitative estimate of drug-likeness (QED) is 0.749. The highest BCUT2D eigenvalue weighted by molar-refractivity contribution is 7.11. The molecule has 0 aromatic carbocycles. The molecule has 1 aromatic heterocycles. The van der Waals surface area contributed by atoms with Crippen LogP contribution in [-0.2, 0) is 6.18 Å². The number of rotatable bonds is 2. The molecule has 0 aliphatic carbocycles. The number of hydrogen-bond donors (Lipinski definition) is 0. The lowest BCUT2D eigenvalue weighted by Crippen LogP contribution is -2.03. The standard InChI is InChI=1S/C7H9F3N2S/c1-3-4(2)5-11-12-6(13-5)7(8,9)10/h4H,3H2,1-2H3. The van der Waals surface area contributed by atoms with E-state index >= 15 is 0 Å². The van der Waals surface area contributed by atoms with Gasteiger partial charge in [-0.3, -0.25) is 0 Å². The number of hydrogen-bond acceptors (Lipinski definition) is 3. The molecule has 1 atom stereocenters. The van der Waals surface area contributed by atoms with Gasteiger partial charge in [-0.1, -0.05) is 25.2 Å². The van der Waals surface area contributed by atoms with Crippen molar-refractivity contribution >= 4 is 11.3 Å². The first-order valence-corrected chi connectivity index (χ1v) is 4.67. The summed E-state index contributed by atoms with van der Waals surface area (Å²) in [5, 5.41) is 6.20. The Morgan fingerprint density at radius 1 is 1.38 bits per heavy atom. The molecule has 0 bridgehead atoms. The first kappa shape index (κ1) is 10.4. The van der Waals surface area contributed by atoms with Gasteiger partial charge in [-0.15, -0.1) is 10.2 Å². The lowest BCUT2D eigenvalue weighted by atomic mass is 10.1. The van der Waals surface area contributed by atoms with Gasteiger partial charge >= 0.3 is 6.18 Å². The second-order valence-corrected chi connectivity index (χ2v) is 3.76. The van der Waals surface area contributed by atoms with Crippen molar-refractivity contribution in [2.45, 2.75) is 32.4 Å². The molecule has 6 heteroatoms. The van der Waals surface area contributed by atoms with Crippen molar-refractivity contribution in [2.24, 2.45) is 0 Å². The summed E-state index contributed by atoms with van der Waals surface area (Å²) in [7, 11) is 0. The van der Waals surface area contributed by atoms with Crippen molar-refractivity contribution < 1.29 is 13.2 Å². The zero-order valence-corrected chi connectivity index (χ0v) is 8.04. The highest BCUT2D eigenvalue weighted by Gasteiger charge is 2.35. The van der Waals surface area contributed by atoms with E-state index in [9.17, 15) is 13.2 Å². The van der Waals surface area contributed by atoms with Crippen LogP contribution < -0.4 is 0 Å². The van der Waals surface area contributed by atoms with Gasteiger partial charge in [0.05, 0.1) is 0 Å². The second kappa shape index (κ2) is 3.61. The average Bonchev–Trinajstić information content (AvgIpc) is 2.50. The van der Waals surface area contributed by atoms with Crippen LogP contribution in [0.4, 0.5) is 13.2 Å². The lowest BCUT2D eigenvalue weighted by Gasteiger charge is -2.01. The molecule has 0 aliphatic heterocycles.